The lowest BCUT2D eigenvalue weighted by Crippen LogP contribution is -2.03. The molecule has 0 spiro atoms. The number of nitrogens with zero attached hydrogens (tertiary/aromatic N) is 2. The quantitative estimate of drug-likeness (QED) is 0.486. The molecule has 0 aliphatic heterocycles. The fourth-order valence-electron chi connectivity index (χ4n) is 1.19. The Morgan fingerprint density at radius 3 is 2.67 bits per heavy atom. The molecule has 1 rings (SSSR count). The summed E-state index contributed by atoms with van der Waals surface area (Å²) in [7, 11) is 0. The van der Waals surface area contributed by atoms with Gasteiger partial charge in [-0.1, -0.05) is 15.9 Å². The zero-order valence-electron chi connectivity index (χ0n) is 7.71. The van der Waals surface area contributed by atoms with E-state index < -0.39 is 17.0 Å². The summed E-state index contributed by atoms with van der Waals surface area (Å²) < 4.78 is 24.9. The van der Waals surface area contributed by atoms with Gasteiger partial charge in [0.2, 0.25) is 0 Å². The Kier molecular flexibility index (Phi) is 3.67. The Bertz CT molecular complexity index is 398. The molecule has 0 fully saturated rings. The molecule has 0 N–H and O–H groups in total. The van der Waals surface area contributed by atoms with Gasteiger partial charge in [0.05, 0.1) is 4.92 Å². The predicted molar refractivity (Wildman–Crippen MR) is 53.2 cm³/mol. The summed E-state index contributed by atoms with van der Waals surface area (Å²) in [6.45, 7) is 1.43. The summed E-state index contributed by atoms with van der Waals surface area (Å²) in [5.74, 6) is 0. The van der Waals surface area contributed by atoms with Crippen LogP contribution >= 0.6 is 15.9 Å². The van der Waals surface area contributed by atoms with Crippen LogP contribution in [0, 0.1) is 17.0 Å². The molecule has 0 aliphatic rings. The van der Waals surface area contributed by atoms with Gasteiger partial charge in [0, 0.05) is 10.9 Å². The molecule has 0 bridgehead atoms. The molecular formula is C8H7BrF2N2O2. The molecule has 0 saturated heterocycles. The van der Waals surface area contributed by atoms with Crippen molar-refractivity contribution >= 4 is 21.6 Å². The number of rotatable bonds is 3. The summed E-state index contributed by atoms with van der Waals surface area (Å²) in [6.07, 6.45) is -1.86. The van der Waals surface area contributed by atoms with Crippen molar-refractivity contribution in [3.8, 4) is 0 Å². The molecule has 1 heterocycles. The van der Waals surface area contributed by atoms with Crippen molar-refractivity contribution in [2.45, 2.75) is 18.7 Å². The van der Waals surface area contributed by atoms with E-state index in [9.17, 15) is 18.9 Å². The maximum absolute atomic E-state index is 12.5. The highest BCUT2D eigenvalue weighted by atomic mass is 79.9. The lowest BCUT2D eigenvalue weighted by Gasteiger charge is -2.08. The number of nitro groups is 1. The van der Waals surface area contributed by atoms with Gasteiger partial charge in [-0.3, -0.25) is 10.1 Å². The third kappa shape index (κ3) is 2.28. The molecule has 4 nitrogen and oxygen atoms in total. The first-order valence-corrected chi connectivity index (χ1v) is 5.08. The Morgan fingerprint density at radius 1 is 1.67 bits per heavy atom. The molecule has 0 atom stereocenters. The standard InChI is InChI=1S/C8H7BrF2N2O2/c1-4-5(2-9)7(8(10)11)12-3-6(4)13(14)15/h3,8H,2H2,1H3. The molecule has 0 radical (unpaired) electrons. The number of halogens is 3. The van der Waals surface area contributed by atoms with Crippen molar-refractivity contribution < 1.29 is 13.7 Å². The molecule has 1 aromatic rings. The van der Waals surface area contributed by atoms with Crippen LogP contribution < -0.4 is 0 Å². The number of aromatic nitrogens is 1. The predicted octanol–water partition coefficient (Wildman–Crippen LogP) is 3.13. The third-order valence-corrected chi connectivity index (χ3v) is 2.57. The highest BCUT2D eigenvalue weighted by Crippen LogP contribution is 2.29. The van der Waals surface area contributed by atoms with Crippen molar-refractivity contribution in [3.05, 3.63) is 33.1 Å². The van der Waals surface area contributed by atoms with Crippen LogP contribution in [0.25, 0.3) is 0 Å². The summed E-state index contributed by atoms with van der Waals surface area (Å²) in [5, 5.41) is 10.7. The molecule has 0 aromatic carbocycles. The smallest absolute Gasteiger partial charge is 0.258 e. The Morgan fingerprint density at radius 2 is 2.27 bits per heavy atom. The van der Waals surface area contributed by atoms with Gasteiger partial charge >= 0.3 is 0 Å². The lowest BCUT2D eigenvalue weighted by molar-refractivity contribution is -0.385. The Hall–Kier alpha value is -1.11. The Labute approximate surface area is 92.6 Å². The van der Waals surface area contributed by atoms with Gasteiger partial charge in [-0.15, -0.1) is 0 Å². The first-order valence-electron chi connectivity index (χ1n) is 3.96. The van der Waals surface area contributed by atoms with Crippen LogP contribution in [-0.2, 0) is 5.33 Å². The average Bonchev–Trinajstić information content (AvgIpc) is 2.16. The summed E-state index contributed by atoms with van der Waals surface area (Å²) in [5.41, 5.74) is -0.245. The van der Waals surface area contributed by atoms with Crippen LogP contribution in [0.4, 0.5) is 14.5 Å². The van der Waals surface area contributed by atoms with Crippen LogP contribution in [0.5, 0.6) is 0 Å². The second-order valence-electron chi connectivity index (χ2n) is 2.82. The Balaban J connectivity index is 3.39. The third-order valence-electron chi connectivity index (χ3n) is 2.01. The average molecular weight is 281 g/mol. The summed E-state index contributed by atoms with van der Waals surface area (Å²) >= 11 is 3.01. The molecule has 15 heavy (non-hydrogen) atoms. The molecule has 0 amide bonds. The van der Waals surface area contributed by atoms with E-state index in [0.717, 1.165) is 6.20 Å². The minimum atomic E-state index is -2.72. The van der Waals surface area contributed by atoms with Crippen LogP contribution in [0.3, 0.4) is 0 Å². The SMILES string of the molecule is Cc1c([N+](=O)[O-])cnc(C(F)F)c1CBr. The normalized spacial score (nSPS) is 10.7. The summed E-state index contributed by atoms with van der Waals surface area (Å²) in [6, 6.07) is 0. The minimum absolute atomic E-state index is 0.118. The van der Waals surface area contributed by atoms with Gasteiger partial charge < -0.3 is 0 Å². The van der Waals surface area contributed by atoms with E-state index in [-0.39, 0.29) is 22.1 Å². The van der Waals surface area contributed by atoms with E-state index in [2.05, 4.69) is 20.9 Å². The molecule has 7 heteroatoms. The zero-order valence-corrected chi connectivity index (χ0v) is 9.29. The number of pyridine rings is 1. The van der Waals surface area contributed by atoms with E-state index in [4.69, 9.17) is 0 Å². The van der Waals surface area contributed by atoms with Crippen LogP contribution in [-0.4, -0.2) is 9.91 Å². The highest BCUT2D eigenvalue weighted by molar-refractivity contribution is 9.08. The van der Waals surface area contributed by atoms with Crippen LogP contribution in [0.1, 0.15) is 23.2 Å². The fraction of sp³-hybridized carbons (Fsp3) is 0.375. The van der Waals surface area contributed by atoms with Gasteiger partial charge in [0.25, 0.3) is 12.1 Å². The van der Waals surface area contributed by atoms with Crippen molar-refractivity contribution in [2.24, 2.45) is 0 Å². The van der Waals surface area contributed by atoms with E-state index in [0.29, 0.717) is 0 Å². The van der Waals surface area contributed by atoms with Gasteiger partial charge in [-0.05, 0) is 12.5 Å². The monoisotopic (exact) mass is 280 g/mol. The first-order chi connectivity index (χ1) is 6.99. The van der Waals surface area contributed by atoms with Gasteiger partial charge in [-0.2, -0.15) is 0 Å². The fourth-order valence-corrected chi connectivity index (χ4v) is 1.90. The minimum Gasteiger partial charge on any atom is -0.258 e. The second kappa shape index (κ2) is 4.61. The molecule has 0 aliphatic carbocycles. The maximum atomic E-state index is 12.5. The lowest BCUT2D eigenvalue weighted by atomic mass is 10.1. The highest BCUT2D eigenvalue weighted by Gasteiger charge is 2.22. The van der Waals surface area contributed by atoms with E-state index in [1.165, 1.54) is 6.92 Å². The van der Waals surface area contributed by atoms with E-state index >= 15 is 0 Å². The number of alkyl halides is 3. The molecule has 0 unspecified atom stereocenters. The first kappa shape index (κ1) is 12.0. The molecule has 1 aromatic heterocycles. The number of hydrogen-bond acceptors (Lipinski definition) is 3. The van der Waals surface area contributed by atoms with Crippen molar-refractivity contribution in [1.82, 2.24) is 4.98 Å². The molecular weight excluding hydrogens is 274 g/mol. The van der Waals surface area contributed by atoms with Gasteiger partial charge in [-0.25, -0.2) is 13.8 Å². The van der Waals surface area contributed by atoms with Gasteiger partial charge in [0.1, 0.15) is 11.9 Å². The summed E-state index contributed by atoms with van der Waals surface area (Å²) in [4.78, 5) is 13.3. The van der Waals surface area contributed by atoms with Crippen LogP contribution in [0.2, 0.25) is 0 Å². The van der Waals surface area contributed by atoms with Crippen molar-refractivity contribution in [1.29, 1.82) is 0 Å². The van der Waals surface area contributed by atoms with Gasteiger partial charge in [0.15, 0.2) is 0 Å². The maximum Gasteiger partial charge on any atom is 0.290 e. The molecule has 0 saturated carbocycles. The van der Waals surface area contributed by atoms with Crippen molar-refractivity contribution in [3.63, 3.8) is 0 Å². The van der Waals surface area contributed by atoms with Crippen molar-refractivity contribution in [2.75, 3.05) is 0 Å². The number of hydrogen-bond donors (Lipinski definition) is 0. The van der Waals surface area contributed by atoms with E-state index in [1.54, 1.807) is 0 Å². The topological polar surface area (TPSA) is 56.0 Å². The molecule has 82 valence electrons. The second-order valence-corrected chi connectivity index (χ2v) is 3.38. The zero-order chi connectivity index (χ0) is 11.6. The largest absolute Gasteiger partial charge is 0.290 e. The van der Waals surface area contributed by atoms with Crippen LogP contribution in [0.15, 0.2) is 6.20 Å². The van der Waals surface area contributed by atoms with E-state index in [1.807, 2.05) is 0 Å².